The van der Waals surface area contributed by atoms with Crippen LogP contribution in [0.4, 0.5) is 11.4 Å². The molecule has 0 saturated heterocycles. The largest absolute Gasteiger partial charge is 0.376 e. The summed E-state index contributed by atoms with van der Waals surface area (Å²) in [5, 5.41) is 5.13. The highest BCUT2D eigenvalue weighted by atomic mass is 32.2. The second-order valence-corrected chi connectivity index (χ2v) is 4.55. The van der Waals surface area contributed by atoms with Gasteiger partial charge in [0.05, 0.1) is 28.9 Å². The van der Waals surface area contributed by atoms with Crippen molar-refractivity contribution in [1.82, 2.24) is 9.97 Å². The minimum atomic E-state index is 0.611. The van der Waals surface area contributed by atoms with Crippen molar-refractivity contribution in [1.29, 1.82) is 0 Å². The van der Waals surface area contributed by atoms with E-state index in [4.69, 9.17) is 0 Å². The van der Waals surface area contributed by atoms with Crippen molar-refractivity contribution in [3.63, 3.8) is 0 Å². The Hall–Kier alpha value is -1.82. The second kappa shape index (κ2) is 3.89. The monoisotopic (exact) mass is 246 g/mol. The van der Waals surface area contributed by atoms with Gasteiger partial charge in [-0.05, 0) is 6.26 Å². The number of fused-ring (bicyclic) bond motifs is 3. The summed E-state index contributed by atoms with van der Waals surface area (Å²) in [6.45, 7) is 0.691. The third kappa shape index (κ3) is 1.52. The smallest absolute Gasteiger partial charge is 0.152 e. The number of aliphatic imine (C=N–C) groups is 1. The minimum Gasteiger partial charge on any atom is -0.376 e. The van der Waals surface area contributed by atoms with Crippen LogP contribution in [0.1, 0.15) is 10.4 Å². The lowest BCUT2D eigenvalue weighted by atomic mass is 10.1. The van der Waals surface area contributed by atoms with Gasteiger partial charge >= 0.3 is 0 Å². The molecule has 0 saturated carbocycles. The molecule has 0 unspecified atom stereocenters. The molecule has 86 valence electrons. The van der Waals surface area contributed by atoms with Crippen LogP contribution in [0, 0.1) is 0 Å². The van der Waals surface area contributed by atoms with Gasteiger partial charge in [0.1, 0.15) is 11.3 Å². The molecular weight excluding hydrogens is 236 g/mol. The lowest BCUT2D eigenvalue weighted by Gasteiger charge is -2.17. The second-order valence-electron chi connectivity index (χ2n) is 3.67. The summed E-state index contributed by atoms with van der Waals surface area (Å²) in [5.74, 6) is 0. The van der Waals surface area contributed by atoms with E-state index in [0.29, 0.717) is 17.8 Å². The van der Waals surface area contributed by atoms with Crippen molar-refractivity contribution in [2.75, 3.05) is 18.1 Å². The van der Waals surface area contributed by atoms with Crippen molar-refractivity contribution in [3.8, 4) is 0 Å². The van der Waals surface area contributed by atoms with Gasteiger partial charge in [-0.15, -0.1) is 11.8 Å². The molecule has 0 spiro atoms. The van der Waals surface area contributed by atoms with Crippen LogP contribution in [0.5, 0.6) is 0 Å². The first-order valence-electron chi connectivity index (χ1n) is 5.14. The van der Waals surface area contributed by atoms with E-state index in [1.165, 1.54) is 0 Å². The molecule has 0 aliphatic carbocycles. The molecule has 0 fully saturated rings. The molecule has 5 nitrogen and oxygen atoms in total. The number of carbonyl (C=O) groups is 1. The van der Waals surface area contributed by atoms with Gasteiger partial charge in [0, 0.05) is 11.8 Å². The normalized spacial score (nSPS) is 14.1. The number of anilines is 1. The topological polar surface area (TPSA) is 70.1 Å². The summed E-state index contributed by atoms with van der Waals surface area (Å²) >= 11 is 1.61. The van der Waals surface area contributed by atoms with Gasteiger partial charge in [-0.1, -0.05) is 0 Å². The molecule has 0 atom stereocenters. The summed E-state index contributed by atoms with van der Waals surface area (Å²) in [4.78, 5) is 22.7. The van der Waals surface area contributed by atoms with E-state index in [0.717, 1.165) is 28.1 Å². The van der Waals surface area contributed by atoms with E-state index in [1.807, 2.05) is 6.26 Å². The summed E-state index contributed by atoms with van der Waals surface area (Å²) in [6, 6.07) is 0. The Bertz CT molecular complexity index is 632. The number of nitrogens with zero attached hydrogens (tertiary/aromatic N) is 2. The molecule has 0 bridgehead atoms. The van der Waals surface area contributed by atoms with Crippen LogP contribution >= 0.6 is 11.8 Å². The number of aldehydes is 1. The molecule has 2 aromatic rings. The first-order valence-corrected chi connectivity index (χ1v) is 6.36. The molecule has 2 aromatic heterocycles. The third-order valence-electron chi connectivity index (χ3n) is 2.74. The number of hydrogen-bond donors (Lipinski definition) is 2. The highest BCUT2D eigenvalue weighted by molar-refractivity contribution is 8.13. The number of hydrogen-bond acceptors (Lipinski definition) is 5. The van der Waals surface area contributed by atoms with Crippen LogP contribution in [0.3, 0.4) is 0 Å². The molecule has 2 N–H and O–H groups in total. The highest BCUT2D eigenvalue weighted by Gasteiger charge is 2.17. The van der Waals surface area contributed by atoms with Gasteiger partial charge in [0.15, 0.2) is 6.29 Å². The van der Waals surface area contributed by atoms with E-state index < -0.39 is 0 Å². The maximum atomic E-state index is 11.0. The van der Waals surface area contributed by atoms with E-state index >= 15 is 0 Å². The lowest BCUT2D eigenvalue weighted by Crippen LogP contribution is -2.14. The van der Waals surface area contributed by atoms with Crippen LogP contribution in [0.2, 0.25) is 0 Å². The number of thioether (sulfide) groups is 1. The van der Waals surface area contributed by atoms with E-state index in [2.05, 4.69) is 20.3 Å². The predicted octanol–water partition coefficient (Wildman–Crippen LogP) is 2.19. The maximum Gasteiger partial charge on any atom is 0.152 e. The molecule has 0 amide bonds. The maximum absolute atomic E-state index is 11.0. The summed E-state index contributed by atoms with van der Waals surface area (Å²) in [7, 11) is 0. The molecule has 3 heterocycles. The first-order chi connectivity index (χ1) is 8.33. The zero-order chi connectivity index (χ0) is 11.8. The number of rotatable bonds is 1. The highest BCUT2D eigenvalue weighted by Crippen LogP contribution is 2.36. The van der Waals surface area contributed by atoms with Crippen molar-refractivity contribution in [2.45, 2.75) is 0 Å². The average molecular weight is 246 g/mol. The number of H-pyrrole nitrogens is 1. The van der Waals surface area contributed by atoms with Crippen molar-refractivity contribution in [3.05, 3.63) is 18.0 Å². The summed E-state index contributed by atoms with van der Waals surface area (Å²) in [5.41, 5.74) is 2.99. The van der Waals surface area contributed by atoms with Crippen LogP contribution in [-0.2, 0) is 0 Å². The van der Waals surface area contributed by atoms with Crippen LogP contribution in [-0.4, -0.2) is 34.1 Å². The Kier molecular flexibility index (Phi) is 2.36. The fourth-order valence-electron chi connectivity index (χ4n) is 1.92. The van der Waals surface area contributed by atoms with Crippen molar-refractivity contribution < 1.29 is 4.79 Å². The fraction of sp³-hybridized carbons (Fsp3) is 0.182. The van der Waals surface area contributed by atoms with Crippen molar-refractivity contribution in [2.24, 2.45) is 4.99 Å². The van der Waals surface area contributed by atoms with Crippen molar-refractivity contribution >= 4 is 45.5 Å². The Balaban J connectivity index is 2.29. The molecule has 0 radical (unpaired) electrons. The number of nitrogens with one attached hydrogen (secondary N) is 2. The van der Waals surface area contributed by atoms with E-state index in [-0.39, 0.29) is 0 Å². The van der Waals surface area contributed by atoms with E-state index in [1.54, 1.807) is 24.2 Å². The Morgan fingerprint density at radius 3 is 3.18 bits per heavy atom. The van der Waals surface area contributed by atoms with Crippen LogP contribution in [0.15, 0.2) is 17.4 Å². The van der Waals surface area contributed by atoms with Crippen LogP contribution < -0.4 is 5.32 Å². The summed E-state index contributed by atoms with van der Waals surface area (Å²) in [6.07, 6.45) is 6.20. The predicted molar refractivity (Wildman–Crippen MR) is 70.6 cm³/mol. The standard InChI is InChI=1S/C11H10N4OS/c1-17-8-4-12-10-7(15-8)3-14-11-9(10)6(5-16)2-13-11/h2-3,5,12H,4H2,1H3,(H,13,14). The van der Waals surface area contributed by atoms with Gasteiger partial charge in [-0.3, -0.25) is 4.79 Å². The zero-order valence-electron chi connectivity index (χ0n) is 9.15. The van der Waals surface area contributed by atoms with Gasteiger partial charge in [-0.25, -0.2) is 9.98 Å². The fourth-order valence-corrected chi connectivity index (χ4v) is 2.33. The molecule has 0 aromatic carbocycles. The Morgan fingerprint density at radius 1 is 1.53 bits per heavy atom. The zero-order valence-corrected chi connectivity index (χ0v) is 9.97. The summed E-state index contributed by atoms with van der Waals surface area (Å²) < 4.78 is 0. The SMILES string of the molecule is CSC1=Nc2cnc3[nH]cc(C=O)c3c2NC1. The Morgan fingerprint density at radius 2 is 2.41 bits per heavy atom. The molecule has 1 aliphatic rings. The number of pyridine rings is 1. The van der Waals surface area contributed by atoms with Gasteiger partial charge < -0.3 is 10.3 Å². The number of aromatic nitrogens is 2. The third-order valence-corrected chi connectivity index (χ3v) is 3.44. The number of aromatic amines is 1. The Labute approximate surface area is 102 Å². The van der Waals surface area contributed by atoms with Crippen LogP contribution in [0.25, 0.3) is 11.0 Å². The number of carbonyl (C=O) groups excluding carboxylic acids is 1. The molecule has 6 heteroatoms. The van der Waals surface area contributed by atoms with Gasteiger partial charge in [0.25, 0.3) is 0 Å². The molecule has 1 aliphatic heterocycles. The van der Waals surface area contributed by atoms with E-state index in [9.17, 15) is 4.79 Å². The lowest BCUT2D eigenvalue weighted by molar-refractivity contribution is 0.112. The molecule has 3 rings (SSSR count). The quantitative estimate of drug-likeness (QED) is 0.757. The first kappa shape index (κ1) is 10.3. The average Bonchev–Trinajstić information content (AvgIpc) is 2.81. The van der Waals surface area contributed by atoms with Gasteiger partial charge in [0.2, 0.25) is 0 Å². The van der Waals surface area contributed by atoms with Gasteiger partial charge in [-0.2, -0.15) is 0 Å². The molecule has 17 heavy (non-hydrogen) atoms. The minimum absolute atomic E-state index is 0.611. The molecular formula is C11H10N4OS.